The Balaban J connectivity index is 2.04. The lowest BCUT2D eigenvalue weighted by atomic mass is 9.82. The molecule has 4 nitrogen and oxygen atoms in total. The molecule has 1 saturated heterocycles. The minimum atomic E-state index is -3.04. The van der Waals surface area contributed by atoms with Gasteiger partial charge < -0.3 is 0 Å². The monoisotopic (exact) mass is 288 g/mol. The lowest BCUT2D eigenvalue weighted by Crippen LogP contribution is -2.44. The Hall–Kier alpha value is -0.460. The average Bonchev–Trinajstić information content (AvgIpc) is 2.83. The molecule has 0 spiro atoms. The Bertz CT molecular complexity index is 474. The van der Waals surface area contributed by atoms with Crippen molar-refractivity contribution in [1.29, 1.82) is 0 Å². The molecule has 1 fully saturated rings. The van der Waals surface area contributed by atoms with Crippen LogP contribution < -0.4 is 0 Å². The number of sulfonamides is 1. The molecule has 0 aliphatic carbocycles. The van der Waals surface area contributed by atoms with E-state index in [9.17, 15) is 8.42 Å². The van der Waals surface area contributed by atoms with Crippen LogP contribution in [0.5, 0.6) is 0 Å². The molecular weight excluding hydrogens is 268 g/mol. The highest BCUT2D eigenvalue weighted by atomic mass is 32.2. The van der Waals surface area contributed by atoms with Gasteiger partial charge in [0.1, 0.15) is 0 Å². The minimum absolute atomic E-state index is 0.0480. The molecule has 1 aromatic heterocycles. The molecule has 6 heteroatoms. The maximum Gasteiger partial charge on any atom is 0.214 e. The van der Waals surface area contributed by atoms with E-state index in [2.05, 4.69) is 11.9 Å². The number of thiazole rings is 1. The second-order valence-corrected chi connectivity index (χ2v) is 8.10. The lowest BCUT2D eigenvalue weighted by Gasteiger charge is -2.37. The van der Waals surface area contributed by atoms with E-state index >= 15 is 0 Å². The summed E-state index contributed by atoms with van der Waals surface area (Å²) in [6.45, 7) is 5.34. The first-order chi connectivity index (χ1) is 8.48. The molecule has 18 heavy (non-hydrogen) atoms. The van der Waals surface area contributed by atoms with Crippen molar-refractivity contribution < 1.29 is 8.42 Å². The Labute approximate surface area is 113 Å². The summed E-state index contributed by atoms with van der Waals surface area (Å²) in [6.07, 6.45) is 4.24. The fraction of sp³-hybridized carbons (Fsp3) is 0.750. The topological polar surface area (TPSA) is 50.3 Å². The van der Waals surface area contributed by atoms with Gasteiger partial charge in [-0.3, -0.25) is 0 Å². The van der Waals surface area contributed by atoms with Crippen molar-refractivity contribution >= 4 is 21.4 Å². The van der Waals surface area contributed by atoms with E-state index < -0.39 is 10.0 Å². The van der Waals surface area contributed by atoms with Gasteiger partial charge in [-0.05, 0) is 19.3 Å². The van der Waals surface area contributed by atoms with Crippen LogP contribution in [0.25, 0.3) is 0 Å². The number of rotatable bonds is 4. The number of nitrogens with zero attached hydrogens (tertiary/aromatic N) is 2. The minimum Gasteiger partial charge on any atom is -0.249 e. The summed E-state index contributed by atoms with van der Waals surface area (Å²) in [5.74, 6) is 0.265. The van der Waals surface area contributed by atoms with Gasteiger partial charge in [0.25, 0.3) is 0 Å². The van der Waals surface area contributed by atoms with E-state index in [0.717, 1.165) is 17.8 Å². The summed E-state index contributed by atoms with van der Waals surface area (Å²) in [5.41, 5.74) is 0.0480. The first-order valence-corrected chi connectivity index (χ1v) is 8.85. The summed E-state index contributed by atoms with van der Waals surface area (Å²) in [4.78, 5) is 4.39. The van der Waals surface area contributed by atoms with Crippen molar-refractivity contribution in [3.05, 3.63) is 16.6 Å². The van der Waals surface area contributed by atoms with Gasteiger partial charge in [0.2, 0.25) is 10.0 Å². The first-order valence-electron chi connectivity index (χ1n) is 6.36. The molecular formula is C12H20N2O2S2. The second kappa shape index (κ2) is 5.27. The quantitative estimate of drug-likeness (QED) is 0.853. The second-order valence-electron chi connectivity index (χ2n) is 5.11. The molecule has 0 radical (unpaired) electrons. The van der Waals surface area contributed by atoms with Crippen molar-refractivity contribution in [2.24, 2.45) is 0 Å². The van der Waals surface area contributed by atoms with E-state index in [1.807, 2.05) is 18.5 Å². The SMILES string of the molecule is CCCS(=O)(=O)N1CCC(C)(c2nccs2)CC1. The van der Waals surface area contributed by atoms with Crippen LogP contribution in [0.2, 0.25) is 0 Å². The summed E-state index contributed by atoms with van der Waals surface area (Å²) >= 11 is 1.67. The van der Waals surface area contributed by atoms with Gasteiger partial charge in [0, 0.05) is 30.1 Å². The van der Waals surface area contributed by atoms with Gasteiger partial charge in [-0.25, -0.2) is 17.7 Å². The predicted molar refractivity (Wildman–Crippen MR) is 74.4 cm³/mol. The maximum atomic E-state index is 12.0. The molecule has 2 rings (SSSR count). The number of aromatic nitrogens is 1. The van der Waals surface area contributed by atoms with E-state index in [1.165, 1.54) is 0 Å². The van der Waals surface area contributed by atoms with Crippen LogP contribution in [0.4, 0.5) is 0 Å². The van der Waals surface area contributed by atoms with Crippen LogP contribution in [0.1, 0.15) is 38.1 Å². The van der Waals surface area contributed by atoms with E-state index in [-0.39, 0.29) is 11.2 Å². The van der Waals surface area contributed by atoms with E-state index in [1.54, 1.807) is 15.6 Å². The third kappa shape index (κ3) is 2.75. The Morgan fingerprint density at radius 1 is 1.44 bits per heavy atom. The molecule has 0 bridgehead atoms. The fourth-order valence-electron chi connectivity index (χ4n) is 2.38. The highest BCUT2D eigenvalue weighted by Gasteiger charge is 2.37. The standard InChI is InChI=1S/C12H20N2O2S2/c1-3-10-18(15,16)14-7-4-12(2,5-8-14)11-13-6-9-17-11/h6,9H,3-5,7-8,10H2,1-2H3. The molecule has 0 aromatic carbocycles. The lowest BCUT2D eigenvalue weighted by molar-refractivity contribution is 0.248. The van der Waals surface area contributed by atoms with Crippen molar-refractivity contribution in [1.82, 2.24) is 9.29 Å². The summed E-state index contributed by atoms with van der Waals surface area (Å²) in [5, 5.41) is 3.12. The van der Waals surface area contributed by atoms with Gasteiger partial charge in [-0.15, -0.1) is 11.3 Å². The van der Waals surface area contributed by atoms with Gasteiger partial charge in [-0.2, -0.15) is 0 Å². The molecule has 1 aliphatic rings. The Morgan fingerprint density at radius 3 is 2.61 bits per heavy atom. The zero-order valence-corrected chi connectivity index (χ0v) is 12.6. The molecule has 1 aromatic rings. The molecule has 0 saturated carbocycles. The predicted octanol–water partition coefficient (Wildman–Crippen LogP) is 2.24. The number of hydrogen-bond donors (Lipinski definition) is 0. The van der Waals surface area contributed by atoms with Crippen LogP contribution in [-0.2, 0) is 15.4 Å². The maximum absolute atomic E-state index is 12.0. The first kappa shape index (κ1) is 14.0. The largest absolute Gasteiger partial charge is 0.249 e. The van der Waals surface area contributed by atoms with Crippen molar-refractivity contribution in [3.63, 3.8) is 0 Å². The average molecular weight is 288 g/mol. The Morgan fingerprint density at radius 2 is 2.11 bits per heavy atom. The van der Waals surface area contributed by atoms with Gasteiger partial charge in [0.05, 0.1) is 10.8 Å². The normalized spacial score (nSPS) is 21.0. The zero-order chi connectivity index (χ0) is 13.2. The van der Waals surface area contributed by atoms with Crippen molar-refractivity contribution in [3.8, 4) is 0 Å². The highest BCUT2D eigenvalue weighted by Crippen LogP contribution is 2.36. The molecule has 0 unspecified atom stereocenters. The van der Waals surface area contributed by atoms with Crippen LogP contribution >= 0.6 is 11.3 Å². The molecule has 1 aliphatic heterocycles. The van der Waals surface area contributed by atoms with Gasteiger partial charge in [-0.1, -0.05) is 13.8 Å². The van der Waals surface area contributed by atoms with E-state index in [0.29, 0.717) is 19.5 Å². The summed E-state index contributed by atoms with van der Waals surface area (Å²) in [7, 11) is -3.04. The van der Waals surface area contributed by atoms with E-state index in [4.69, 9.17) is 0 Å². The van der Waals surface area contributed by atoms with Crippen LogP contribution in [0, 0.1) is 0 Å². The van der Waals surface area contributed by atoms with Gasteiger partial charge in [0.15, 0.2) is 0 Å². The molecule has 2 heterocycles. The van der Waals surface area contributed by atoms with Crippen molar-refractivity contribution in [2.45, 2.75) is 38.5 Å². The molecule has 102 valence electrons. The fourth-order valence-corrected chi connectivity index (χ4v) is 4.75. The third-order valence-corrected chi connectivity index (χ3v) is 6.79. The van der Waals surface area contributed by atoms with Crippen LogP contribution in [-0.4, -0.2) is 36.5 Å². The third-order valence-electron chi connectivity index (χ3n) is 3.63. The summed E-state index contributed by atoms with van der Waals surface area (Å²) < 4.78 is 25.6. The number of piperidine rings is 1. The van der Waals surface area contributed by atoms with Gasteiger partial charge >= 0.3 is 0 Å². The molecule has 0 atom stereocenters. The van der Waals surface area contributed by atoms with Crippen LogP contribution in [0.3, 0.4) is 0 Å². The number of hydrogen-bond acceptors (Lipinski definition) is 4. The smallest absolute Gasteiger partial charge is 0.214 e. The molecule has 0 amide bonds. The zero-order valence-electron chi connectivity index (χ0n) is 10.9. The molecule has 0 N–H and O–H groups in total. The van der Waals surface area contributed by atoms with Crippen LogP contribution in [0.15, 0.2) is 11.6 Å². The highest BCUT2D eigenvalue weighted by molar-refractivity contribution is 7.89. The Kier molecular flexibility index (Phi) is 4.08. The summed E-state index contributed by atoms with van der Waals surface area (Å²) in [6, 6.07) is 0. The van der Waals surface area contributed by atoms with Crippen molar-refractivity contribution in [2.75, 3.05) is 18.8 Å².